The van der Waals surface area contributed by atoms with Crippen molar-refractivity contribution in [3.05, 3.63) is 0 Å². The molecule has 1 aliphatic carbocycles. The fraction of sp³-hybridized carbons (Fsp3) is 0.714. The van der Waals surface area contributed by atoms with Gasteiger partial charge in [-0.05, 0) is 25.7 Å². The Morgan fingerprint density at radius 2 is 2.30 bits per heavy atom. The summed E-state index contributed by atoms with van der Waals surface area (Å²) in [5, 5.41) is 13.7. The Morgan fingerprint density at radius 3 is 2.70 bits per heavy atom. The van der Waals surface area contributed by atoms with E-state index in [0.717, 1.165) is 5.71 Å². The van der Waals surface area contributed by atoms with Gasteiger partial charge < -0.3 is 0 Å². The minimum atomic E-state index is 0.663. The highest BCUT2D eigenvalue weighted by Crippen LogP contribution is 2.30. The van der Waals surface area contributed by atoms with Crippen LogP contribution in [0.1, 0.15) is 19.8 Å². The zero-order valence-electron chi connectivity index (χ0n) is 6.33. The Bertz CT molecular complexity index is 186. The van der Waals surface area contributed by atoms with Crippen LogP contribution in [0.3, 0.4) is 0 Å². The first-order valence-corrected chi connectivity index (χ1v) is 3.42. The van der Waals surface area contributed by atoms with Gasteiger partial charge in [-0.25, -0.2) is 5.01 Å². The summed E-state index contributed by atoms with van der Waals surface area (Å²) in [5.41, 5.74) is 1.09. The molecule has 0 heterocycles. The Balaban J connectivity index is 2.45. The second kappa shape index (κ2) is 2.70. The van der Waals surface area contributed by atoms with Crippen molar-refractivity contribution in [1.29, 1.82) is 5.26 Å². The van der Waals surface area contributed by atoms with Gasteiger partial charge in [-0.1, -0.05) is 0 Å². The van der Waals surface area contributed by atoms with Gasteiger partial charge >= 0.3 is 0 Å². The molecular weight excluding hydrogens is 126 g/mol. The molecule has 1 fully saturated rings. The molecule has 0 amide bonds. The molecule has 0 unspecified atom stereocenters. The lowest BCUT2D eigenvalue weighted by molar-refractivity contribution is 0.507. The molecule has 0 saturated heterocycles. The summed E-state index contributed by atoms with van der Waals surface area (Å²) in [4.78, 5) is 0. The van der Waals surface area contributed by atoms with Crippen LogP contribution in [0.5, 0.6) is 0 Å². The van der Waals surface area contributed by atoms with Crippen molar-refractivity contribution in [2.45, 2.75) is 19.8 Å². The van der Waals surface area contributed by atoms with Gasteiger partial charge in [-0.3, -0.25) is 0 Å². The molecule has 0 N–H and O–H groups in total. The van der Waals surface area contributed by atoms with E-state index in [1.54, 1.807) is 7.05 Å². The Labute approximate surface area is 60.9 Å². The second-order valence-corrected chi connectivity index (χ2v) is 2.64. The van der Waals surface area contributed by atoms with Crippen molar-refractivity contribution in [2.24, 2.45) is 11.0 Å². The minimum absolute atomic E-state index is 0.663. The predicted molar refractivity (Wildman–Crippen MR) is 39.2 cm³/mol. The zero-order chi connectivity index (χ0) is 7.56. The molecule has 3 heteroatoms. The lowest BCUT2D eigenvalue weighted by Crippen LogP contribution is -2.06. The van der Waals surface area contributed by atoms with E-state index in [1.165, 1.54) is 17.9 Å². The van der Waals surface area contributed by atoms with Crippen molar-refractivity contribution < 1.29 is 0 Å². The zero-order valence-corrected chi connectivity index (χ0v) is 6.33. The molecule has 54 valence electrons. The maximum absolute atomic E-state index is 8.35. The van der Waals surface area contributed by atoms with E-state index in [9.17, 15) is 0 Å². The van der Waals surface area contributed by atoms with Crippen LogP contribution in [-0.4, -0.2) is 17.8 Å². The van der Waals surface area contributed by atoms with Crippen molar-refractivity contribution in [1.82, 2.24) is 5.01 Å². The van der Waals surface area contributed by atoms with Crippen molar-refractivity contribution in [2.75, 3.05) is 7.05 Å². The van der Waals surface area contributed by atoms with Crippen LogP contribution in [0.25, 0.3) is 0 Å². The summed E-state index contributed by atoms with van der Waals surface area (Å²) < 4.78 is 0. The van der Waals surface area contributed by atoms with E-state index >= 15 is 0 Å². The van der Waals surface area contributed by atoms with Gasteiger partial charge in [0, 0.05) is 12.8 Å². The number of nitrogens with zero attached hydrogens (tertiary/aromatic N) is 3. The maximum atomic E-state index is 8.35. The lowest BCUT2D eigenvalue weighted by Gasteiger charge is -2.01. The molecule has 1 rings (SSSR count). The normalized spacial score (nSPS) is 18.3. The van der Waals surface area contributed by atoms with Crippen LogP contribution in [0.15, 0.2) is 5.10 Å². The quantitative estimate of drug-likeness (QED) is 0.248. The summed E-state index contributed by atoms with van der Waals surface area (Å²) in [6.45, 7) is 1.98. The third-order valence-corrected chi connectivity index (χ3v) is 1.62. The van der Waals surface area contributed by atoms with Crippen LogP contribution >= 0.6 is 0 Å². The van der Waals surface area contributed by atoms with Gasteiger partial charge in [0.05, 0.1) is 0 Å². The third-order valence-electron chi connectivity index (χ3n) is 1.62. The van der Waals surface area contributed by atoms with Gasteiger partial charge in [0.2, 0.25) is 6.19 Å². The molecule has 0 aromatic carbocycles. The number of hydrogen-bond acceptors (Lipinski definition) is 3. The van der Waals surface area contributed by atoms with E-state index in [-0.39, 0.29) is 0 Å². The van der Waals surface area contributed by atoms with Crippen LogP contribution in [0.4, 0.5) is 0 Å². The maximum Gasteiger partial charge on any atom is 0.201 e. The molecule has 0 atom stereocenters. The summed E-state index contributed by atoms with van der Waals surface area (Å²) in [5.74, 6) is 0.663. The van der Waals surface area contributed by atoms with Crippen molar-refractivity contribution >= 4 is 5.71 Å². The molecule has 3 nitrogen and oxygen atoms in total. The highest BCUT2D eigenvalue weighted by molar-refractivity contribution is 5.86. The fourth-order valence-electron chi connectivity index (χ4n) is 0.842. The van der Waals surface area contributed by atoms with Crippen molar-refractivity contribution in [3.63, 3.8) is 0 Å². The first kappa shape index (κ1) is 7.07. The van der Waals surface area contributed by atoms with Crippen LogP contribution < -0.4 is 0 Å². The monoisotopic (exact) mass is 137 g/mol. The predicted octanol–water partition coefficient (Wildman–Crippen LogP) is 1.19. The minimum Gasteiger partial charge on any atom is -0.203 e. The summed E-state index contributed by atoms with van der Waals surface area (Å²) in [6, 6.07) is 0. The van der Waals surface area contributed by atoms with Crippen LogP contribution in [-0.2, 0) is 0 Å². The molecule has 0 radical (unpaired) electrons. The first-order valence-electron chi connectivity index (χ1n) is 3.42. The highest BCUT2D eigenvalue weighted by atomic mass is 15.4. The van der Waals surface area contributed by atoms with Gasteiger partial charge in [0.15, 0.2) is 0 Å². The van der Waals surface area contributed by atoms with Gasteiger partial charge in [-0.2, -0.15) is 10.4 Å². The summed E-state index contributed by atoms with van der Waals surface area (Å²) >= 11 is 0. The second-order valence-electron chi connectivity index (χ2n) is 2.64. The van der Waals surface area contributed by atoms with E-state index in [0.29, 0.717) is 5.92 Å². The average Bonchev–Trinajstić information content (AvgIpc) is 2.68. The topological polar surface area (TPSA) is 39.4 Å². The number of rotatable bonds is 2. The third kappa shape index (κ3) is 1.73. The van der Waals surface area contributed by atoms with Crippen LogP contribution in [0, 0.1) is 17.4 Å². The van der Waals surface area contributed by atoms with Gasteiger partial charge in [0.25, 0.3) is 0 Å². The number of nitriles is 1. The lowest BCUT2D eigenvalue weighted by atomic mass is 10.3. The SMILES string of the molecule is C/C(=N\N(C)C#N)C1CC1. The van der Waals surface area contributed by atoms with E-state index in [1.807, 2.05) is 13.1 Å². The fourth-order valence-corrected chi connectivity index (χ4v) is 0.842. The molecule has 1 aliphatic rings. The van der Waals surface area contributed by atoms with E-state index < -0.39 is 0 Å². The first-order chi connectivity index (χ1) is 4.74. The Morgan fingerprint density at radius 1 is 1.70 bits per heavy atom. The Kier molecular flexibility index (Phi) is 1.91. The average molecular weight is 137 g/mol. The highest BCUT2D eigenvalue weighted by Gasteiger charge is 2.24. The number of hydrazone groups is 1. The van der Waals surface area contributed by atoms with Crippen molar-refractivity contribution in [3.8, 4) is 6.19 Å². The van der Waals surface area contributed by atoms with Crippen LogP contribution in [0.2, 0.25) is 0 Å². The number of hydrogen-bond donors (Lipinski definition) is 0. The van der Waals surface area contributed by atoms with Gasteiger partial charge in [-0.15, -0.1) is 0 Å². The molecular formula is C7H11N3. The molecule has 0 aromatic rings. The summed E-state index contributed by atoms with van der Waals surface area (Å²) in [7, 11) is 1.66. The standard InChI is InChI=1S/C7H11N3/c1-6(7-3-4-7)9-10(2)5-8/h7H,3-4H2,1-2H3/b9-6+. The van der Waals surface area contributed by atoms with E-state index in [2.05, 4.69) is 5.10 Å². The molecule has 0 bridgehead atoms. The molecule has 10 heavy (non-hydrogen) atoms. The van der Waals surface area contributed by atoms with E-state index in [4.69, 9.17) is 5.26 Å². The largest absolute Gasteiger partial charge is 0.203 e. The Hall–Kier alpha value is -1.04. The molecule has 1 saturated carbocycles. The molecule has 0 aliphatic heterocycles. The van der Waals surface area contributed by atoms with Gasteiger partial charge in [0.1, 0.15) is 0 Å². The smallest absolute Gasteiger partial charge is 0.201 e. The summed E-state index contributed by atoms with van der Waals surface area (Å²) in [6.07, 6.45) is 4.41. The molecule has 0 aromatic heterocycles. The molecule has 0 spiro atoms.